The molecule has 4 aliphatic carbocycles. The molecule has 0 spiro atoms. The summed E-state index contributed by atoms with van der Waals surface area (Å²) in [4.78, 5) is 42.1. The average molecular weight is 405 g/mol. The van der Waals surface area contributed by atoms with E-state index in [1.54, 1.807) is 9.80 Å². The summed E-state index contributed by atoms with van der Waals surface area (Å²) in [6.07, 6.45) is 8.37. The number of hydrogen-bond donors (Lipinski definition) is 0. The van der Waals surface area contributed by atoms with Crippen LogP contribution < -0.4 is 0 Å². The number of carbonyl (C=O) groups is 3. The Bertz CT molecular complexity index is 651. The monoisotopic (exact) mass is 404 g/mol. The van der Waals surface area contributed by atoms with Gasteiger partial charge in [0.1, 0.15) is 6.04 Å². The standard InChI is InChI=1S/C22H32N2O5/c25-19(23-4-6-28-7-5-23)14-29-20(26)18-2-1-3-24(18)21(27)22-11-15-8-16(12-22)10-17(9-15)13-22/h15-18H,1-14H2. The van der Waals surface area contributed by atoms with Crippen molar-refractivity contribution in [3.05, 3.63) is 0 Å². The van der Waals surface area contributed by atoms with E-state index in [-0.39, 0.29) is 23.8 Å². The van der Waals surface area contributed by atoms with Gasteiger partial charge in [-0.25, -0.2) is 4.79 Å². The molecule has 160 valence electrons. The van der Waals surface area contributed by atoms with Crippen LogP contribution in [0.1, 0.15) is 51.4 Å². The molecule has 2 heterocycles. The number of nitrogens with zero attached hydrogens (tertiary/aromatic N) is 2. The highest BCUT2D eigenvalue weighted by Crippen LogP contribution is 2.60. The molecule has 7 heteroatoms. The van der Waals surface area contributed by atoms with Gasteiger partial charge in [0.25, 0.3) is 5.91 Å². The molecular formula is C22H32N2O5. The summed E-state index contributed by atoms with van der Waals surface area (Å²) in [5.41, 5.74) is -0.235. The second-order valence-electron chi connectivity index (χ2n) is 9.96. The second-order valence-corrected chi connectivity index (χ2v) is 9.96. The SMILES string of the molecule is O=C(OCC(=O)N1CCOCC1)C1CCCN1C(=O)C12CC3CC(CC(C3)C1)C2. The Morgan fingerprint density at radius 3 is 2.17 bits per heavy atom. The summed E-state index contributed by atoms with van der Waals surface area (Å²) in [5.74, 6) is 1.69. The van der Waals surface area contributed by atoms with E-state index in [2.05, 4.69) is 0 Å². The van der Waals surface area contributed by atoms with E-state index in [1.165, 1.54) is 19.3 Å². The van der Waals surface area contributed by atoms with Crippen LogP contribution in [0.4, 0.5) is 0 Å². The largest absolute Gasteiger partial charge is 0.454 e. The van der Waals surface area contributed by atoms with Crippen LogP contribution in [0.25, 0.3) is 0 Å². The minimum absolute atomic E-state index is 0.182. The molecule has 6 fully saturated rings. The Kier molecular flexibility index (Phi) is 5.04. The van der Waals surface area contributed by atoms with Gasteiger partial charge in [-0.15, -0.1) is 0 Å². The number of carbonyl (C=O) groups excluding carboxylic acids is 3. The van der Waals surface area contributed by atoms with Gasteiger partial charge in [0.2, 0.25) is 5.91 Å². The van der Waals surface area contributed by atoms with Gasteiger partial charge in [-0.2, -0.15) is 0 Å². The van der Waals surface area contributed by atoms with Gasteiger partial charge in [0, 0.05) is 19.6 Å². The Balaban J connectivity index is 1.21. The van der Waals surface area contributed by atoms with Crippen LogP contribution in [-0.4, -0.2) is 73.1 Å². The first kappa shape index (κ1) is 19.3. The molecule has 0 aromatic heterocycles. The van der Waals surface area contributed by atoms with Crippen molar-refractivity contribution >= 4 is 17.8 Å². The number of rotatable bonds is 4. The lowest BCUT2D eigenvalue weighted by Gasteiger charge is -2.56. The number of ether oxygens (including phenoxy) is 2. The molecule has 2 amide bonds. The maximum absolute atomic E-state index is 13.6. The molecule has 2 saturated heterocycles. The lowest BCUT2D eigenvalue weighted by Crippen LogP contribution is -2.56. The van der Waals surface area contributed by atoms with Crippen molar-refractivity contribution < 1.29 is 23.9 Å². The van der Waals surface area contributed by atoms with Gasteiger partial charge in [-0.1, -0.05) is 0 Å². The lowest BCUT2D eigenvalue weighted by molar-refractivity contribution is -0.167. The molecule has 2 aliphatic heterocycles. The summed E-state index contributed by atoms with van der Waals surface area (Å²) in [6, 6.07) is -0.520. The Labute approximate surface area is 172 Å². The maximum atomic E-state index is 13.6. The van der Waals surface area contributed by atoms with Gasteiger partial charge in [0.15, 0.2) is 6.61 Å². The third-order valence-corrected chi connectivity index (χ3v) is 7.98. The molecular weight excluding hydrogens is 372 g/mol. The third kappa shape index (κ3) is 3.56. The van der Waals surface area contributed by atoms with Gasteiger partial charge < -0.3 is 19.3 Å². The number of esters is 1. The molecule has 4 saturated carbocycles. The predicted molar refractivity (Wildman–Crippen MR) is 104 cm³/mol. The molecule has 1 atom stereocenters. The maximum Gasteiger partial charge on any atom is 0.329 e. The summed E-state index contributed by atoms with van der Waals surface area (Å²) >= 11 is 0. The Hall–Kier alpha value is -1.63. The van der Waals surface area contributed by atoms with E-state index < -0.39 is 12.0 Å². The predicted octanol–water partition coefficient (Wildman–Crippen LogP) is 1.60. The van der Waals surface area contributed by atoms with Crippen LogP contribution in [0.3, 0.4) is 0 Å². The molecule has 0 N–H and O–H groups in total. The molecule has 7 nitrogen and oxygen atoms in total. The Morgan fingerprint density at radius 1 is 0.931 bits per heavy atom. The number of morpholine rings is 1. The first-order chi connectivity index (χ1) is 14.0. The molecule has 4 bridgehead atoms. The molecule has 0 radical (unpaired) electrons. The van der Waals surface area contributed by atoms with Crippen LogP contribution in [0.15, 0.2) is 0 Å². The number of likely N-dealkylation sites (tertiary alicyclic amines) is 1. The van der Waals surface area contributed by atoms with E-state index in [4.69, 9.17) is 9.47 Å². The summed E-state index contributed by atoms with van der Waals surface area (Å²) in [7, 11) is 0. The van der Waals surface area contributed by atoms with E-state index in [9.17, 15) is 14.4 Å². The molecule has 0 aromatic rings. The van der Waals surface area contributed by atoms with Crippen LogP contribution in [-0.2, 0) is 23.9 Å². The molecule has 0 aromatic carbocycles. The van der Waals surface area contributed by atoms with Crippen molar-refractivity contribution in [1.82, 2.24) is 9.80 Å². The van der Waals surface area contributed by atoms with Crippen molar-refractivity contribution in [2.75, 3.05) is 39.5 Å². The van der Waals surface area contributed by atoms with Crippen LogP contribution in [0.5, 0.6) is 0 Å². The Morgan fingerprint density at radius 2 is 1.55 bits per heavy atom. The van der Waals surface area contributed by atoms with Gasteiger partial charge in [-0.05, 0) is 69.1 Å². The van der Waals surface area contributed by atoms with Crippen molar-refractivity contribution in [3.63, 3.8) is 0 Å². The van der Waals surface area contributed by atoms with E-state index >= 15 is 0 Å². The van der Waals surface area contributed by atoms with Crippen molar-refractivity contribution in [2.45, 2.75) is 57.4 Å². The zero-order chi connectivity index (χ0) is 20.0. The molecule has 29 heavy (non-hydrogen) atoms. The normalized spacial score (nSPS) is 38.3. The van der Waals surface area contributed by atoms with Crippen LogP contribution >= 0.6 is 0 Å². The minimum atomic E-state index is -0.520. The van der Waals surface area contributed by atoms with Crippen molar-refractivity contribution in [1.29, 1.82) is 0 Å². The first-order valence-corrected chi connectivity index (χ1v) is 11.4. The number of amides is 2. The van der Waals surface area contributed by atoms with Crippen LogP contribution in [0.2, 0.25) is 0 Å². The quantitative estimate of drug-likeness (QED) is 0.665. The molecule has 1 unspecified atom stereocenters. The summed E-state index contributed by atoms with van der Waals surface area (Å²) in [6.45, 7) is 2.52. The highest BCUT2D eigenvalue weighted by molar-refractivity contribution is 5.90. The lowest BCUT2D eigenvalue weighted by atomic mass is 9.49. The average Bonchev–Trinajstić information content (AvgIpc) is 3.20. The highest BCUT2D eigenvalue weighted by atomic mass is 16.5. The van der Waals surface area contributed by atoms with Gasteiger partial charge in [0.05, 0.1) is 18.6 Å². The molecule has 6 aliphatic rings. The summed E-state index contributed by atoms with van der Waals surface area (Å²) in [5, 5.41) is 0. The summed E-state index contributed by atoms with van der Waals surface area (Å²) < 4.78 is 10.6. The zero-order valence-corrected chi connectivity index (χ0v) is 17.1. The van der Waals surface area contributed by atoms with Crippen molar-refractivity contribution in [3.8, 4) is 0 Å². The zero-order valence-electron chi connectivity index (χ0n) is 17.1. The first-order valence-electron chi connectivity index (χ1n) is 11.4. The van der Waals surface area contributed by atoms with Crippen LogP contribution in [0, 0.1) is 23.2 Å². The fraction of sp³-hybridized carbons (Fsp3) is 0.864. The topological polar surface area (TPSA) is 76.2 Å². The van der Waals surface area contributed by atoms with Gasteiger partial charge in [-0.3, -0.25) is 9.59 Å². The van der Waals surface area contributed by atoms with E-state index in [0.717, 1.165) is 25.7 Å². The fourth-order valence-corrected chi connectivity index (χ4v) is 7.07. The minimum Gasteiger partial charge on any atom is -0.454 e. The third-order valence-electron chi connectivity index (χ3n) is 7.98. The van der Waals surface area contributed by atoms with E-state index in [0.29, 0.717) is 57.0 Å². The fourth-order valence-electron chi connectivity index (χ4n) is 7.07. The molecule has 6 rings (SSSR count). The van der Waals surface area contributed by atoms with Gasteiger partial charge >= 0.3 is 5.97 Å². The smallest absolute Gasteiger partial charge is 0.329 e. The highest BCUT2D eigenvalue weighted by Gasteiger charge is 2.57. The number of hydrogen-bond acceptors (Lipinski definition) is 5. The van der Waals surface area contributed by atoms with Crippen molar-refractivity contribution in [2.24, 2.45) is 23.2 Å². The van der Waals surface area contributed by atoms with E-state index in [1.807, 2.05) is 0 Å². The second kappa shape index (κ2) is 7.56.